The summed E-state index contributed by atoms with van der Waals surface area (Å²) in [6.07, 6.45) is 5.37. The number of benzene rings is 3. The van der Waals surface area contributed by atoms with Gasteiger partial charge in [-0.2, -0.15) is 0 Å². The van der Waals surface area contributed by atoms with Gasteiger partial charge in [0.2, 0.25) is 5.91 Å². The fourth-order valence-electron chi connectivity index (χ4n) is 7.03. The Labute approximate surface area is 301 Å². The molecule has 2 heterocycles. The number of carboxylic acids is 1. The molecule has 1 aliphatic carbocycles. The number of carboxylic acid groups (broad SMARTS) is 1. The molecule has 264 valence electrons. The molecular formula is C40H45BrFN3O5. The zero-order chi connectivity index (χ0) is 35.2. The third-order valence-electron chi connectivity index (χ3n) is 9.84. The van der Waals surface area contributed by atoms with E-state index in [-0.39, 0.29) is 48.6 Å². The number of nitrogens with zero attached hydrogens (tertiary/aromatic N) is 2. The van der Waals surface area contributed by atoms with Crippen LogP contribution in [0.1, 0.15) is 67.2 Å². The maximum absolute atomic E-state index is 14.7. The second kappa shape index (κ2) is 16.3. The molecule has 2 atom stereocenters. The maximum atomic E-state index is 14.7. The summed E-state index contributed by atoms with van der Waals surface area (Å²) < 4.78 is 20.1. The van der Waals surface area contributed by atoms with Crippen molar-refractivity contribution in [3.8, 4) is 5.75 Å². The van der Waals surface area contributed by atoms with Gasteiger partial charge in [0.05, 0.1) is 17.1 Å². The topological polar surface area (TPSA) is 99.2 Å². The fraction of sp³-hybridized carbons (Fsp3) is 0.425. The second-order valence-corrected chi connectivity index (χ2v) is 14.6. The number of fused-ring (bicyclic) bond motifs is 2. The number of carbonyl (C=O) groups is 3. The van der Waals surface area contributed by atoms with Gasteiger partial charge in [-0.1, -0.05) is 54.1 Å². The van der Waals surface area contributed by atoms with Gasteiger partial charge in [0.15, 0.2) is 0 Å². The Hall–Kier alpha value is -4.02. The molecule has 10 heteroatoms. The normalized spacial score (nSPS) is 18.6. The van der Waals surface area contributed by atoms with Crippen LogP contribution in [0.5, 0.6) is 5.75 Å². The fourth-order valence-corrected chi connectivity index (χ4v) is 7.39. The van der Waals surface area contributed by atoms with Crippen LogP contribution in [0, 0.1) is 12.7 Å². The smallest absolute Gasteiger partial charge is 0.303 e. The van der Waals surface area contributed by atoms with Crippen LogP contribution in [0.15, 0.2) is 76.8 Å². The molecular weight excluding hydrogens is 701 g/mol. The van der Waals surface area contributed by atoms with Gasteiger partial charge in [-0.3, -0.25) is 14.4 Å². The highest BCUT2D eigenvalue weighted by Gasteiger charge is 2.43. The number of ether oxygens (including phenoxy) is 1. The summed E-state index contributed by atoms with van der Waals surface area (Å²) in [5, 5.41) is 12.7. The Morgan fingerprint density at radius 2 is 1.68 bits per heavy atom. The first kappa shape index (κ1) is 35.8. The lowest BCUT2D eigenvalue weighted by molar-refractivity contribution is -0.138. The number of nitrogens with one attached hydrogen (secondary N) is 1. The van der Waals surface area contributed by atoms with E-state index in [1.165, 1.54) is 23.3 Å². The van der Waals surface area contributed by atoms with Crippen molar-refractivity contribution in [3.05, 3.63) is 105 Å². The van der Waals surface area contributed by atoms with E-state index >= 15 is 0 Å². The minimum atomic E-state index is -0.905. The lowest BCUT2D eigenvalue weighted by atomic mass is 9.82. The van der Waals surface area contributed by atoms with Crippen molar-refractivity contribution in [2.75, 3.05) is 26.2 Å². The number of hydrogen-bond acceptors (Lipinski definition) is 5. The van der Waals surface area contributed by atoms with Crippen molar-refractivity contribution in [1.29, 1.82) is 0 Å². The van der Waals surface area contributed by atoms with Crippen LogP contribution in [-0.2, 0) is 27.2 Å². The van der Waals surface area contributed by atoms with Crippen molar-refractivity contribution in [2.24, 2.45) is 0 Å². The molecule has 2 unspecified atom stereocenters. The summed E-state index contributed by atoms with van der Waals surface area (Å²) in [7, 11) is 0. The number of carbonyl (C=O) groups excluding carboxylic acids is 2. The van der Waals surface area contributed by atoms with Gasteiger partial charge in [0.25, 0.3) is 5.91 Å². The Balaban J connectivity index is 1.20. The van der Waals surface area contributed by atoms with Gasteiger partial charge < -0.3 is 25.0 Å². The molecule has 1 saturated carbocycles. The van der Waals surface area contributed by atoms with Gasteiger partial charge in [-0.05, 0) is 102 Å². The Kier molecular flexibility index (Phi) is 11.7. The quantitative estimate of drug-likeness (QED) is 0.168. The summed E-state index contributed by atoms with van der Waals surface area (Å²) in [6, 6.07) is 21.2. The van der Waals surface area contributed by atoms with E-state index in [1.54, 1.807) is 6.07 Å². The minimum Gasteiger partial charge on any atom is -0.492 e. The summed E-state index contributed by atoms with van der Waals surface area (Å²) in [4.78, 5) is 42.8. The number of halogens is 2. The van der Waals surface area contributed by atoms with Gasteiger partial charge in [-0.15, -0.1) is 0 Å². The molecule has 0 spiro atoms. The third kappa shape index (κ3) is 9.20. The third-order valence-corrected chi connectivity index (χ3v) is 10.5. The molecule has 50 heavy (non-hydrogen) atoms. The molecule has 1 saturated heterocycles. The van der Waals surface area contributed by atoms with Crippen LogP contribution in [-0.4, -0.2) is 77.1 Å². The average molecular weight is 747 g/mol. The molecule has 2 aliphatic heterocycles. The highest BCUT2D eigenvalue weighted by atomic mass is 79.9. The van der Waals surface area contributed by atoms with E-state index in [1.807, 2.05) is 4.90 Å². The van der Waals surface area contributed by atoms with Crippen LogP contribution in [0.2, 0.25) is 0 Å². The van der Waals surface area contributed by atoms with Gasteiger partial charge in [-0.25, -0.2) is 4.39 Å². The molecule has 3 aromatic carbocycles. The van der Waals surface area contributed by atoms with Crippen LogP contribution < -0.4 is 10.1 Å². The SMILES string of the molecule is Cc1ccc(CCN(C(=O)C2=C(c3ccc(CCCOc4cc(F)ccc4Br)cc3)CC3CN(C(=O)CCCC(=O)O)CC2N3)C2CC2)cc1. The average Bonchev–Trinajstić information content (AvgIpc) is 3.94. The van der Waals surface area contributed by atoms with E-state index < -0.39 is 5.97 Å². The van der Waals surface area contributed by atoms with E-state index in [2.05, 4.69) is 81.6 Å². The summed E-state index contributed by atoms with van der Waals surface area (Å²) in [5.41, 5.74) is 6.34. The van der Waals surface area contributed by atoms with Crippen molar-refractivity contribution in [3.63, 3.8) is 0 Å². The van der Waals surface area contributed by atoms with E-state index in [9.17, 15) is 18.8 Å². The number of aryl methyl sites for hydroxylation is 2. The lowest BCUT2D eigenvalue weighted by Gasteiger charge is -2.45. The number of rotatable bonds is 15. The molecule has 0 aromatic heterocycles. The molecule has 2 fully saturated rings. The Bertz CT molecular complexity index is 1720. The highest BCUT2D eigenvalue weighted by Crippen LogP contribution is 2.37. The van der Waals surface area contributed by atoms with Gasteiger partial charge in [0.1, 0.15) is 11.6 Å². The van der Waals surface area contributed by atoms with Crippen molar-refractivity contribution in [1.82, 2.24) is 15.1 Å². The molecule has 2 N–H and O–H groups in total. The molecule has 6 rings (SSSR count). The van der Waals surface area contributed by atoms with E-state index in [0.29, 0.717) is 44.8 Å². The zero-order valence-electron chi connectivity index (χ0n) is 28.5. The standard InChI is InChI=1S/C40H45BrFN3O5/c1-26-7-9-28(10-8-26)19-20-45(32-16-17-32)40(49)39-33(23-31-24-44(25-35(39)43-31)37(46)5-2-6-38(47)48)29-13-11-27(12-14-29)4-3-21-50-36-22-30(42)15-18-34(36)41/h7-15,18,22,31-32,35,43H,2-6,16-17,19-21,23-25H2,1H3,(H,47,48). The van der Waals surface area contributed by atoms with Gasteiger partial charge in [0, 0.05) is 56.2 Å². The van der Waals surface area contributed by atoms with Crippen LogP contribution >= 0.6 is 15.9 Å². The first-order valence-corrected chi connectivity index (χ1v) is 18.5. The zero-order valence-corrected chi connectivity index (χ0v) is 30.1. The predicted molar refractivity (Wildman–Crippen MR) is 194 cm³/mol. The first-order chi connectivity index (χ1) is 24.1. The molecule has 0 radical (unpaired) electrons. The highest BCUT2D eigenvalue weighted by molar-refractivity contribution is 9.10. The summed E-state index contributed by atoms with van der Waals surface area (Å²) in [5.74, 6) is -0.780. The minimum absolute atomic E-state index is 0.00960. The molecule has 2 bridgehead atoms. The number of piperazine rings is 1. The molecule has 3 aromatic rings. The monoisotopic (exact) mass is 745 g/mol. The van der Waals surface area contributed by atoms with E-state index in [4.69, 9.17) is 9.84 Å². The predicted octanol–water partition coefficient (Wildman–Crippen LogP) is 6.72. The van der Waals surface area contributed by atoms with Crippen molar-refractivity contribution in [2.45, 2.75) is 82.8 Å². The molecule has 2 amide bonds. The van der Waals surface area contributed by atoms with Crippen molar-refractivity contribution < 1.29 is 28.6 Å². The Morgan fingerprint density at radius 1 is 0.960 bits per heavy atom. The summed E-state index contributed by atoms with van der Waals surface area (Å²) in [6.45, 7) is 4.05. The number of hydrogen-bond donors (Lipinski definition) is 2. The number of aliphatic carboxylic acids is 1. The number of amides is 2. The Morgan fingerprint density at radius 3 is 2.40 bits per heavy atom. The van der Waals surface area contributed by atoms with Gasteiger partial charge >= 0.3 is 5.97 Å². The summed E-state index contributed by atoms with van der Waals surface area (Å²) >= 11 is 3.41. The first-order valence-electron chi connectivity index (χ1n) is 17.7. The van der Waals surface area contributed by atoms with Crippen LogP contribution in [0.4, 0.5) is 4.39 Å². The lowest BCUT2D eigenvalue weighted by Crippen LogP contribution is -2.62. The van der Waals surface area contributed by atoms with Crippen LogP contribution in [0.25, 0.3) is 5.57 Å². The van der Waals surface area contributed by atoms with Crippen LogP contribution in [0.3, 0.4) is 0 Å². The van der Waals surface area contributed by atoms with E-state index in [0.717, 1.165) is 58.8 Å². The molecule has 8 nitrogen and oxygen atoms in total. The largest absolute Gasteiger partial charge is 0.492 e. The van der Waals surface area contributed by atoms with Crippen molar-refractivity contribution >= 4 is 39.3 Å². The molecule has 3 aliphatic rings. The maximum Gasteiger partial charge on any atom is 0.303 e. The second-order valence-electron chi connectivity index (χ2n) is 13.7.